The van der Waals surface area contributed by atoms with Crippen LogP contribution in [-0.4, -0.2) is 57.2 Å². The topological polar surface area (TPSA) is 48.0 Å². The van der Waals surface area contributed by atoms with Crippen LogP contribution in [0.2, 0.25) is 0 Å². The van der Waals surface area contributed by atoms with Crippen molar-refractivity contribution >= 4 is 5.78 Å². The van der Waals surface area contributed by atoms with Crippen LogP contribution in [0.4, 0.5) is 0 Å². The van der Waals surface area contributed by atoms with Gasteiger partial charge < -0.3 is 14.2 Å². The number of para-hydroxylation sites is 1. The molecular formula is C16H21NO4. The fourth-order valence-corrected chi connectivity index (χ4v) is 2.94. The van der Waals surface area contributed by atoms with Crippen LogP contribution in [0.5, 0.6) is 11.5 Å². The van der Waals surface area contributed by atoms with Gasteiger partial charge in [-0.05, 0) is 18.6 Å². The number of benzene rings is 1. The number of nitrogens with zero attached hydrogens (tertiary/aromatic N) is 1. The summed E-state index contributed by atoms with van der Waals surface area (Å²) in [5.41, 5.74) is 0.644. The Hall–Kier alpha value is -1.59. The van der Waals surface area contributed by atoms with E-state index in [1.807, 2.05) is 18.2 Å². The smallest absolute Gasteiger partial charge is 0.171 e. The van der Waals surface area contributed by atoms with Gasteiger partial charge >= 0.3 is 0 Å². The highest BCUT2D eigenvalue weighted by Gasteiger charge is 2.30. The number of ketones is 1. The largest absolute Gasteiger partial charge is 0.493 e. The highest BCUT2D eigenvalue weighted by molar-refractivity contribution is 6.01. The summed E-state index contributed by atoms with van der Waals surface area (Å²) in [5.74, 6) is 1.37. The second-order valence-corrected chi connectivity index (χ2v) is 5.45. The van der Waals surface area contributed by atoms with E-state index in [0.717, 1.165) is 39.3 Å². The maximum atomic E-state index is 12.8. The Labute approximate surface area is 124 Å². The summed E-state index contributed by atoms with van der Waals surface area (Å²) >= 11 is 0. The van der Waals surface area contributed by atoms with Crippen molar-refractivity contribution in [2.24, 2.45) is 5.92 Å². The zero-order valence-corrected chi connectivity index (χ0v) is 12.3. The Balaban J connectivity index is 1.79. The van der Waals surface area contributed by atoms with Gasteiger partial charge in [-0.25, -0.2) is 0 Å². The third-order valence-electron chi connectivity index (χ3n) is 4.13. The van der Waals surface area contributed by atoms with Gasteiger partial charge in [0.15, 0.2) is 17.3 Å². The van der Waals surface area contributed by atoms with Gasteiger partial charge in [0.05, 0.1) is 32.5 Å². The SMILES string of the molecule is COc1cccc2c1OCCC(CN1CCOCC1)C2=O. The molecular weight excluding hydrogens is 270 g/mol. The maximum absolute atomic E-state index is 12.8. The van der Waals surface area contributed by atoms with Crippen molar-refractivity contribution in [3.8, 4) is 11.5 Å². The molecule has 1 saturated heterocycles. The van der Waals surface area contributed by atoms with Crippen LogP contribution in [0.15, 0.2) is 18.2 Å². The van der Waals surface area contributed by atoms with Gasteiger partial charge in [0.2, 0.25) is 0 Å². The minimum absolute atomic E-state index is 0.0172. The van der Waals surface area contributed by atoms with Crippen LogP contribution in [0.25, 0.3) is 0 Å². The average molecular weight is 291 g/mol. The molecule has 5 nitrogen and oxygen atoms in total. The van der Waals surface area contributed by atoms with Gasteiger partial charge in [-0.1, -0.05) is 6.07 Å². The van der Waals surface area contributed by atoms with E-state index in [2.05, 4.69) is 4.90 Å². The summed E-state index contributed by atoms with van der Waals surface area (Å²) in [6.45, 7) is 4.63. The number of morpholine rings is 1. The van der Waals surface area contributed by atoms with Crippen molar-refractivity contribution in [3.63, 3.8) is 0 Å². The molecule has 0 aromatic heterocycles. The molecule has 1 unspecified atom stereocenters. The van der Waals surface area contributed by atoms with Gasteiger partial charge in [-0.15, -0.1) is 0 Å². The Kier molecular flexibility index (Phi) is 4.41. The minimum Gasteiger partial charge on any atom is -0.493 e. The van der Waals surface area contributed by atoms with Crippen molar-refractivity contribution in [3.05, 3.63) is 23.8 Å². The van der Waals surface area contributed by atoms with E-state index in [1.165, 1.54) is 0 Å². The molecule has 1 fully saturated rings. The number of hydrogen-bond acceptors (Lipinski definition) is 5. The Morgan fingerprint density at radius 3 is 2.86 bits per heavy atom. The van der Waals surface area contributed by atoms with Crippen LogP contribution in [0, 0.1) is 5.92 Å². The fraction of sp³-hybridized carbons (Fsp3) is 0.562. The van der Waals surface area contributed by atoms with Crippen molar-refractivity contribution < 1.29 is 19.0 Å². The average Bonchev–Trinajstić information content (AvgIpc) is 2.68. The molecule has 0 bridgehead atoms. The lowest BCUT2D eigenvalue weighted by Gasteiger charge is -2.29. The quantitative estimate of drug-likeness (QED) is 0.847. The van der Waals surface area contributed by atoms with Crippen LogP contribution in [0.1, 0.15) is 16.8 Å². The number of Topliss-reactive ketones (excluding diaryl/α,β-unsaturated/α-hetero) is 1. The first-order valence-electron chi connectivity index (χ1n) is 7.43. The normalized spacial score (nSPS) is 23.1. The number of carbonyl (C=O) groups is 1. The third kappa shape index (κ3) is 3.04. The van der Waals surface area contributed by atoms with Crippen LogP contribution in [-0.2, 0) is 4.74 Å². The number of methoxy groups -OCH3 is 1. The molecule has 2 heterocycles. The van der Waals surface area contributed by atoms with E-state index < -0.39 is 0 Å². The summed E-state index contributed by atoms with van der Waals surface area (Å²) in [6.07, 6.45) is 0.744. The van der Waals surface area contributed by atoms with Gasteiger partial charge in [-0.2, -0.15) is 0 Å². The summed E-state index contributed by atoms with van der Waals surface area (Å²) in [4.78, 5) is 15.1. The molecule has 5 heteroatoms. The summed E-state index contributed by atoms with van der Waals surface area (Å²) in [6, 6.07) is 5.50. The molecule has 2 aliphatic heterocycles. The lowest BCUT2D eigenvalue weighted by molar-refractivity contribution is 0.0291. The number of fused-ring (bicyclic) bond motifs is 1. The fourth-order valence-electron chi connectivity index (χ4n) is 2.94. The molecule has 0 radical (unpaired) electrons. The first-order chi connectivity index (χ1) is 10.3. The molecule has 0 N–H and O–H groups in total. The molecule has 1 aromatic rings. The van der Waals surface area contributed by atoms with E-state index >= 15 is 0 Å². The molecule has 21 heavy (non-hydrogen) atoms. The molecule has 1 aromatic carbocycles. The van der Waals surface area contributed by atoms with E-state index in [9.17, 15) is 4.79 Å². The van der Waals surface area contributed by atoms with Crippen molar-refractivity contribution in [1.29, 1.82) is 0 Å². The van der Waals surface area contributed by atoms with Crippen LogP contribution >= 0.6 is 0 Å². The molecule has 2 aliphatic rings. The monoisotopic (exact) mass is 291 g/mol. The van der Waals surface area contributed by atoms with Gasteiger partial charge in [-0.3, -0.25) is 9.69 Å². The van der Waals surface area contributed by atoms with Crippen molar-refractivity contribution in [2.75, 3.05) is 46.6 Å². The third-order valence-corrected chi connectivity index (χ3v) is 4.13. The van der Waals surface area contributed by atoms with E-state index in [0.29, 0.717) is 23.7 Å². The van der Waals surface area contributed by atoms with E-state index in [-0.39, 0.29) is 11.7 Å². The van der Waals surface area contributed by atoms with Gasteiger partial charge in [0.25, 0.3) is 0 Å². The summed E-state index contributed by atoms with van der Waals surface area (Å²) < 4.78 is 16.4. The Bertz CT molecular complexity index is 511. The van der Waals surface area contributed by atoms with Crippen molar-refractivity contribution in [1.82, 2.24) is 4.90 Å². The molecule has 0 amide bonds. The molecule has 0 saturated carbocycles. The highest BCUT2D eigenvalue weighted by Crippen LogP contribution is 2.35. The molecule has 3 rings (SSSR count). The predicted octanol–water partition coefficient (Wildman–Crippen LogP) is 1.61. The number of hydrogen-bond donors (Lipinski definition) is 0. The Morgan fingerprint density at radius 1 is 1.29 bits per heavy atom. The zero-order valence-electron chi connectivity index (χ0n) is 12.3. The van der Waals surface area contributed by atoms with E-state index in [1.54, 1.807) is 7.11 Å². The van der Waals surface area contributed by atoms with Crippen molar-refractivity contribution in [2.45, 2.75) is 6.42 Å². The van der Waals surface area contributed by atoms with Gasteiger partial charge in [0, 0.05) is 25.6 Å². The number of carbonyl (C=O) groups excluding carboxylic acids is 1. The Morgan fingerprint density at radius 2 is 2.10 bits per heavy atom. The van der Waals surface area contributed by atoms with Gasteiger partial charge in [0.1, 0.15) is 0 Å². The number of ether oxygens (including phenoxy) is 3. The van der Waals surface area contributed by atoms with E-state index in [4.69, 9.17) is 14.2 Å². The molecule has 0 spiro atoms. The second kappa shape index (κ2) is 6.45. The zero-order chi connectivity index (χ0) is 14.7. The summed E-state index contributed by atoms with van der Waals surface area (Å²) in [7, 11) is 1.60. The van der Waals surface area contributed by atoms with Crippen LogP contribution < -0.4 is 9.47 Å². The lowest BCUT2D eigenvalue weighted by Crippen LogP contribution is -2.41. The molecule has 1 atom stereocenters. The molecule has 114 valence electrons. The summed E-state index contributed by atoms with van der Waals surface area (Å²) in [5, 5.41) is 0. The molecule has 0 aliphatic carbocycles. The first kappa shape index (κ1) is 14.4. The predicted molar refractivity (Wildman–Crippen MR) is 78.2 cm³/mol. The standard InChI is InChI=1S/C16H21NO4/c1-19-14-4-2-3-13-15(18)12(5-8-21-16(13)14)11-17-6-9-20-10-7-17/h2-4,12H,5-11H2,1H3. The lowest BCUT2D eigenvalue weighted by atomic mass is 9.94. The number of rotatable bonds is 3. The second-order valence-electron chi connectivity index (χ2n) is 5.45. The minimum atomic E-state index is -0.0172. The highest BCUT2D eigenvalue weighted by atomic mass is 16.5. The first-order valence-corrected chi connectivity index (χ1v) is 7.43. The van der Waals surface area contributed by atoms with Crippen LogP contribution in [0.3, 0.4) is 0 Å². The maximum Gasteiger partial charge on any atom is 0.171 e.